The van der Waals surface area contributed by atoms with Crippen LogP contribution in [0.2, 0.25) is 0 Å². The maximum absolute atomic E-state index is 14.0. The predicted octanol–water partition coefficient (Wildman–Crippen LogP) is 14.5. The average Bonchev–Trinajstić information content (AvgIpc) is 3.01. The lowest BCUT2D eigenvalue weighted by molar-refractivity contribution is -0.493. The highest BCUT2D eigenvalue weighted by atomic mass is 127. The number of hydrogen-bond acceptors (Lipinski definition) is 0. The molecule has 0 aromatic rings. The van der Waals surface area contributed by atoms with Gasteiger partial charge in [0.05, 0.1) is 0 Å². The Bertz CT molecular complexity index is 1510. The third-order valence-corrected chi connectivity index (χ3v) is 8.77. The van der Waals surface area contributed by atoms with E-state index >= 15 is 0 Å². The minimum Gasteiger partial charge on any atom is -0.192 e. The molecule has 0 spiro atoms. The van der Waals surface area contributed by atoms with Gasteiger partial charge in [0.1, 0.15) is 0 Å². The lowest BCUT2D eigenvalue weighted by Crippen LogP contribution is -2.80. The van der Waals surface area contributed by atoms with Crippen LogP contribution < -0.4 is 0 Å². The van der Waals surface area contributed by atoms with Gasteiger partial charge < -0.3 is 0 Å². The van der Waals surface area contributed by atoms with Gasteiger partial charge in [0.15, 0.2) is 0 Å². The second-order valence-electron chi connectivity index (χ2n) is 11.3. The highest BCUT2D eigenvalue weighted by molar-refractivity contribution is 14.1. The molecule has 0 nitrogen and oxygen atoms in total. The lowest BCUT2D eigenvalue weighted by atomic mass is 9.82. The molecule has 0 amide bonds. The zero-order chi connectivity index (χ0) is 52.0. The first-order valence-electron chi connectivity index (χ1n) is 12.7. The quantitative estimate of drug-likeness (QED) is 0.0687. The molecule has 0 fully saturated rings. The van der Waals surface area contributed by atoms with Crippen molar-refractivity contribution in [3.05, 3.63) is 0 Å². The zero-order valence-corrected chi connectivity index (χ0v) is 30.2. The van der Waals surface area contributed by atoms with Crippen molar-refractivity contribution >= 4 is 45.2 Å². The molecular formula is C20F40I2. The van der Waals surface area contributed by atoms with Gasteiger partial charge in [-0.2, -0.15) is 176 Å². The molecule has 0 atom stereocenters. The van der Waals surface area contributed by atoms with Gasteiger partial charge in [0, 0.05) is 45.2 Å². The van der Waals surface area contributed by atoms with Crippen molar-refractivity contribution < 1.29 is 176 Å². The second kappa shape index (κ2) is 14.6. The molecule has 62 heavy (non-hydrogen) atoms. The van der Waals surface area contributed by atoms with Gasteiger partial charge in [0.25, 0.3) is 0 Å². The number of rotatable bonds is 19. The van der Waals surface area contributed by atoms with E-state index in [2.05, 4.69) is 0 Å². The Kier molecular flexibility index (Phi) is 14.3. The zero-order valence-electron chi connectivity index (χ0n) is 25.9. The Balaban J connectivity index is 7.98. The molecule has 0 aliphatic rings. The molecule has 374 valence electrons. The molecule has 0 N–H and O–H groups in total. The maximum Gasteiger partial charge on any atom is 0.387 e. The molecule has 0 aliphatic carbocycles. The smallest absolute Gasteiger partial charge is 0.192 e. The standard InChI is InChI=1S/C20F40I2/c21-1(22,3(25,26)5(29,30)7(33,34)9(37,38)11(41,42)13(45,46)15(49,50)17(53,54)19(57,58)61)2(23,24)4(27,28)6(31,32)8(35,36)10(39,40)12(43,44)14(47,48)16(51,52)18(55,56)20(59,60)62. The van der Waals surface area contributed by atoms with E-state index in [-0.39, 0.29) is 0 Å². The molecule has 0 rings (SSSR count). The average molecular weight is 1250 g/mol. The molecule has 0 saturated heterocycles. The first-order valence-corrected chi connectivity index (χ1v) is 14.8. The normalized spacial score (nSPS) is 17.5. The summed E-state index contributed by atoms with van der Waals surface area (Å²) in [6, 6.07) is 0. The summed E-state index contributed by atoms with van der Waals surface area (Å²) in [5.41, 5.74) is 0. The lowest BCUT2D eigenvalue weighted by Gasteiger charge is -2.47. The highest BCUT2D eigenvalue weighted by Crippen LogP contribution is 2.71. The van der Waals surface area contributed by atoms with Crippen LogP contribution in [0.15, 0.2) is 0 Å². The van der Waals surface area contributed by atoms with Gasteiger partial charge in [0.2, 0.25) is 0 Å². The topological polar surface area (TPSA) is 0 Å². The Morgan fingerprint density at radius 1 is 0.113 bits per heavy atom. The first-order chi connectivity index (χ1) is 25.8. The van der Waals surface area contributed by atoms with Crippen molar-refractivity contribution in [2.24, 2.45) is 0 Å². The molecule has 0 saturated carbocycles. The molecule has 0 unspecified atom stereocenters. The van der Waals surface area contributed by atoms with E-state index in [4.69, 9.17) is 0 Å². The SMILES string of the molecule is FC(F)(I)C(F)(F)C(F)(F)C(F)(F)C(F)(F)C(F)(F)C(F)(F)C(F)(F)C(F)(F)C(F)(F)C(F)(F)C(F)(F)C(F)(F)C(F)(F)C(F)(F)C(F)(F)C(F)(F)C(F)(F)C(F)(F)C(F)(F)I. The highest BCUT2D eigenvalue weighted by Gasteiger charge is 3.03. The van der Waals surface area contributed by atoms with Crippen LogP contribution in [0.5, 0.6) is 0 Å². The summed E-state index contributed by atoms with van der Waals surface area (Å²) in [6.07, 6.45) is 0. The molecule has 0 aromatic heterocycles. The van der Waals surface area contributed by atoms with Crippen LogP contribution in [0, 0.1) is 0 Å². The predicted molar refractivity (Wildman–Crippen MR) is 127 cm³/mol. The van der Waals surface area contributed by atoms with Crippen molar-refractivity contribution in [2.75, 3.05) is 0 Å². The minimum atomic E-state index is -10.5. The Morgan fingerprint density at radius 2 is 0.161 bits per heavy atom. The van der Waals surface area contributed by atoms with Crippen LogP contribution in [-0.2, 0) is 0 Å². The van der Waals surface area contributed by atoms with Crippen molar-refractivity contribution in [2.45, 2.75) is 114 Å². The summed E-state index contributed by atoms with van der Waals surface area (Å²) in [4.78, 5) is 0. The molecule has 0 aliphatic heterocycles. The fraction of sp³-hybridized carbons (Fsp3) is 1.00. The molecular weight excluding hydrogens is 1250 g/mol. The summed E-state index contributed by atoms with van der Waals surface area (Å²) in [6.45, 7) is 0. The third-order valence-electron chi connectivity index (χ3n) is 7.42. The van der Waals surface area contributed by atoms with Crippen molar-refractivity contribution in [1.82, 2.24) is 0 Å². The largest absolute Gasteiger partial charge is 0.387 e. The van der Waals surface area contributed by atoms with Crippen LogP contribution >= 0.6 is 45.2 Å². The van der Waals surface area contributed by atoms with Crippen LogP contribution in [0.4, 0.5) is 176 Å². The summed E-state index contributed by atoms with van der Waals surface area (Å²) < 4.78 is 531. The van der Waals surface area contributed by atoms with E-state index in [1.165, 1.54) is 0 Å². The molecule has 0 aromatic carbocycles. The summed E-state index contributed by atoms with van der Waals surface area (Å²) >= 11 is -2.96. The van der Waals surface area contributed by atoms with Gasteiger partial charge in [-0.1, -0.05) is 0 Å². The fourth-order valence-corrected chi connectivity index (χ4v) is 4.19. The van der Waals surface area contributed by atoms with Crippen molar-refractivity contribution in [1.29, 1.82) is 0 Å². The first kappa shape index (κ1) is 60.7. The Labute approximate surface area is 335 Å². The van der Waals surface area contributed by atoms with Gasteiger partial charge in [-0.15, -0.1) is 0 Å². The summed E-state index contributed by atoms with van der Waals surface area (Å²) in [5, 5.41) is 0. The Morgan fingerprint density at radius 3 is 0.210 bits per heavy atom. The molecule has 0 heterocycles. The minimum absolute atomic E-state index is 1.48. The van der Waals surface area contributed by atoms with E-state index in [0.29, 0.717) is 0 Å². The van der Waals surface area contributed by atoms with E-state index in [1.807, 2.05) is 0 Å². The Hall–Kier alpha value is -1.34. The van der Waals surface area contributed by atoms with E-state index in [9.17, 15) is 176 Å². The van der Waals surface area contributed by atoms with Crippen LogP contribution in [0.25, 0.3) is 0 Å². The van der Waals surface area contributed by atoms with Crippen LogP contribution in [0.3, 0.4) is 0 Å². The molecule has 0 bridgehead atoms. The number of halogens is 42. The van der Waals surface area contributed by atoms with Crippen molar-refractivity contribution in [3.63, 3.8) is 0 Å². The number of alkyl halides is 42. The van der Waals surface area contributed by atoms with Crippen LogP contribution in [-0.4, -0.2) is 114 Å². The maximum atomic E-state index is 14.0. The van der Waals surface area contributed by atoms with E-state index < -0.39 is 160 Å². The van der Waals surface area contributed by atoms with Gasteiger partial charge in [-0.25, -0.2) is 0 Å². The van der Waals surface area contributed by atoms with Crippen LogP contribution in [0.1, 0.15) is 0 Å². The van der Waals surface area contributed by atoms with Gasteiger partial charge in [-0.3, -0.25) is 0 Å². The number of hydrogen-bond donors (Lipinski definition) is 0. The van der Waals surface area contributed by atoms with Gasteiger partial charge in [-0.05, 0) is 0 Å². The summed E-state index contributed by atoms with van der Waals surface area (Å²) in [7, 11) is 0. The van der Waals surface area contributed by atoms with E-state index in [1.54, 1.807) is 0 Å². The molecule has 0 radical (unpaired) electrons. The van der Waals surface area contributed by atoms with Crippen molar-refractivity contribution in [3.8, 4) is 0 Å². The molecule has 42 heteroatoms. The second-order valence-corrected chi connectivity index (χ2v) is 14.0. The van der Waals surface area contributed by atoms with Gasteiger partial charge >= 0.3 is 114 Å². The van der Waals surface area contributed by atoms with E-state index in [0.717, 1.165) is 0 Å². The monoisotopic (exact) mass is 1250 g/mol. The third kappa shape index (κ3) is 6.78. The summed E-state index contributed by atoms with van der Waals surface area (Å²) in [5.74, 6) is -178. The fourth-order valence-electron chi connectivity index (χ4n) is 3.51.